The van der Waals surface area contributed by atoms with Crippen molar-refractivity contribution >= 4 is 40.7 Å². The molecule has 0 aliphatic rings. The molecule has 36 heavy (non-hydrogen) atoms. The van der Waals surface area contributed by atoms with Crippen molar-refractivity contribution in [2.45, 2.75) is 18.7 Å². The number of nitrogens with zero attached hydrogens (tertiary/aromatic N) is 4. The Hall–Kier alpha value is -4.12. The normalized spacial score (nSPS) is 10.6. The van der Waals surface area contributed by atoms with Gasteiger partial charge in [-0.25, -0.2) is 4.79 Å². The number of aromatic nitrogens is 4. The summed E-state index contributed by atoms with van der Waals surface area (Å²) in [6, 6.07) is 25.8. The summed E-state index contributed by atoms with van der Waals surface area (Å²) in [5, 5.41) is 13.4. The second-order valence-electron chi connectivity index (χ2n) is 8.24. The van der Waals surface area contributed by atoms with Crippen LogP contribution in [0.15, 0.2) is 89.7 Å². The maximum absolute atomic E-state index is 11.8. The molecule has 9 heteroatoms. The van der Waals surface area contributed by atoms with Crippen molar-refractivity contribution in [3.8, 4) is 11.3 Å². The first-order valence-corrected chi connectivity index (χ1v) is 11.5. The molecule has 0 radical (unpaired) electrons. The Morgan fingerprint density at radius 2 is 1.72 bits per heavy atom. The van der Waals surface area contributed by atoms with Crippen LogP contribution in [-0.2, 0) is 11.8 Å². The molecule has 0 bridgehead atoms. The van der Waals surface area contributed by atoms with Crippen LogP contribution in [0.5, 0.6) is 0 Å². The van der Waals surface area contributed by atoms with Crippen molar-refractivity contribution in [3.63, 3.8) is 0 Å². The van der Waals surface area contributed by atoms with Crippen LogP contribution in [0.4, 0.5) is 5.95 Å². The van der Waals surface area contributed by atoms with E-state index in [-0.39, 0.29) is 5.56 Å². The number of aryl methyl sites for hydroxylation is 1. The second kappa shape index (κ2) is 11.1. The molecule has 5 rings (SSSR count). The number of hydrogen-bond acceptors (Lipinski definition) is 5. The molecule has 0 amide bonds. The van der Waals surface area contributed by atoms with E-state index in [0.29, 0.717) is 23.3 Å². The first-order valence-electron chi connectivity index (χ1n) is 11.5. The van der Waals surface area contributed by atoms with Crippen LogP contribution < -0.4 is 11.3 Å². The number of imidazole rings is 1. The fraction of sp³-hybridized carbons (Fsp3) is 0.111. The summed E-state index contributed by atoms with van der Waals surface area (Å²) < 4.78 is 3.48. The molecule has 0 saturated heterocycles. The summed E-state index contributed by atoms with van der Waals surface area (Å²) >= 11 is 1.91. The fourth-order valence-corrected chi connectivity index (χ4v) is 3.89. The monoisotopic (exact) mass is 473 g/mol. The molecule has 3 N–H and O–H groups in total. The van der Waals surface area contributed by atoms with E-state index in [1.165, 1.54) is 4.68 Å². The number of anilines is 1. The number of nitrogens with two attached hydrogens (primary N) is 1. The molecule has 2 heterocycles. The minimum atomic E-state index is -0.879. The third-order valence-corrected chi connectivity index (χ3v) is 5.79. The van der Waals surface area contributed by atoms with Gasteiger partial charge in [-0.15, -0.1) is 0 Å². The Morgan fingerprint density at radius 3 is 2.42 bits per heavy atom. The van der Waals surface area contributed by atoms with Gasteiger partial charge >= 0.3 is 166 Å². The first kappa shape index (κ1) is 25.0. The Labute approximate surface area is 217 Å². The Bertz CT molecular complexity index is 1580. The van der Waals surface area contributed by atoms with Gasteiger partial charge in [0.1, 0.15) is 0 Å². The number of nitrogen functional groups attached to an aromatic ring is 1. The standard InChI is InChI=1S/C20H18N5O.C7H6O2.Li/c1-13-7-8-14(11-15(13)16-9-10-19(26)24(2)23-16)12-25-18-6-4-3-5-17(18)22-20(25)21;8-7(9)6-4-2-1-3-5-6;/h3-11H,2,12H2,1H3,(H2,21,22);1-5H,(H,8,9);. The molecule has 176 valence electrons. The molecule has 0 fully saturated rings. The van der Waals surface area contributed by atoms with Crippen molar-refractivity contribution in [1.82, 2.24) is 19.3 Å². The van der Waals surface area contributed by atoms with Gasteiger partial charge in [0, 0.05) is 0 Å². The van der Waals surface area contributed by atoms with Gasteiger partial charge in [-0.05, 0) is 12.1 Å². The molecule has 0 aliphatic heterocycles. The summed E-state index contributed by atoms with van der Waals surface area (Å²) in [5.41, 5.74) is 12.3. The SMILES string of the molecule is O=C(O)c1ccccc1.[Li][CH2]n1nc(-c2cc(Cn3c(N)nc4ccccc43)ccc2C)ccc1=O. The van der Waals surface area contributed by atoms with E-state index in [9.17, 15) is 9.59 Å². The second-order valence-corrected chi connectivity index (χ2v) is 8.24. The van der Waals surface area contributed by atoms with Crippen LogP contribution in [0.1, 0.15) is 21.5 Å². The van der Waals surface area contributed by atoms with E-state index < -0.39 is 5.97 Å². The number of carboxylic acid groups (broad SMARTS) is 1. The number of carbonyl (C=O) groups is 1. The van der Waals surface area contributed by atoms with Gasteiger partial charge in [0.2, 0.25) is 0 Å². The molecule has 2 aromatic heterocycles. The number of rotatable bonds is 5. The van der Waals surface area contributed by atoms with E-state index in [1.54, 1.807) is 42.5 Å². The molecule has 0 saturated carbocycles. The average Bonchev–Trinajstić information content (AvgIpc) is 3.21. The van der Waals surface area contributed by atoms with Gasteiger partial charge < -0.3 is 5.11 Å². The van der Waals surface area contributed by atoms with Crippen molar-refractivity contribution in [2.75, 3.05) is 5.73 Å². The van der Waals surface area contributed by atoms with Gasteiger partial charge in [0.25, 0.3) is 0 Å². The predicted octanol–water partition coefficient (Wildman–Crippen LogP) is 3.71. The van der Waals surface area contributed by atoms with Gasteiger partial charge in [0.15, 0.2) is 0 Å². The Kier molecular flexibility index (Phi) is 7.69. The van der Waals surface area contributed by atoms with Crippen LogP contribution in [0.2, 0.25) is 0 Å². The zero-order chi connectivity index (χ0) is 25.7. The fourth-order valence-electron chi connectivity index (χ4n) is 3.89. The third-order valence-electron chi connectivity index (χ3n) is 5.79. The number of hydrogen-bond donors (Lipinski definition) is 2. The van der Waals surface area contributed by atoms with Crippen LogP contribution in [0.25, 0.3) is 22.3 Å². The topological polar surface area (TPSA) is 116 Å². The molecular formula is C27H24LiN5O3. The van der Waals surface area contributed by atoms with Crippen molar-refractivity contribution in [1.29, 1.82) is 0 Å². The maximum atomic E-state index is 11.8. The van der Waals surface area contributed by atoms with Crippen LogP contribution in [0.3, 0.4) is 0 Å². The van der Waals surface area contributed by atoms with E-state index in [0.717, 1.165) is 33.4 Å². The van der Waals surface area contributed by atoms with Crippen molar-refractivity contribution < 1.29 is 9.90 Å². The summed E-state index contributed by atoms with van der Waals surface area (Å²) in [5.74, 6) is -0.383. The molecule has 3 aromatic carbocycles. The summed E-state index contributed by atoms with van der Waals surface area (Å²) in [7, 11) is 0. The zero-order valence-electron chi connectivity index (χ0n) is 20.1. The number of benzene rings is 3. The number of para-hydroxylation sites is 2. The molecule has 0 atom stereocenters. The molecule has 0 aliphatic carbocycles. The molecule has 5 aromatic rings. The van der Waals surface area contributed by atoms with E-state index in [2.05, 4.69) is 28.3 Å². The summed E-state index contributed by atoms with van der Waals surface area (Å²) in [6.45, 7) is 2.66. The summed E-state index contributed by atoms with van der Waals surface area (Å²) in [4.78, 5) is 26.5. The van der Waals surface area contributed by atoms with Crippen molar-refractivity contribution in [2.24, 2.45) is 0 Å². The zero-order valence-corrected chi connectivity index (χ0v) is 20.1. The number of aromatic carboxylic acids is 1. The minimum absolute atomic E-state index is 0.0901. The van der Waals surface area contributed by atoms with E-state index >= 15 is 0 Å². The van der Waals surface area contributed by atoms with Crippen LogP contribution in [0, 0.1) is 6.92 Å². The van der Waals surface area contributed by atoms with E-state index in [1.807, 2.05) is 53.5 Å². The third kappa shape index (κ3) is 5.57. The number of carboxylic acids is 1. The summed E-state index contributed by atoms with van der Waals surface area (Å²) in [6.07, 6.45) is 0. The van der Waals surface area contributed by atoms with Crippen LogP contribution in [-0.4, -0.2) is 48.1 Å². The molecule has 0 spiro atoms. The van der Waals surface area contributed by atoms with Gasteiger partial charge in [-0.2, -0.15) is 0 Å². The molecule has 8 nitrogen and oxygen atoms in total. The molecular weight excluding hydrogens is 449 g/mol. The van der Waals surface area contributed by atoms with Crippen LogP contribution >= 0.6 is 0 Å². The van der Waals surface area contributed by atoms with Crippen molar-refractivity contribution in [3.05, 3.63) is 112 Å². The average molecular weight is 473 g/mol. The Morgan fingerprint density at radius 1 is 1.00 bits per heavy atom. The van der Waals surface area contributed by atoms with Gasteiger partial charge in [-0.1, -0.05) is 24.3 Å². The Balaban J connectivity index is 0.000000286. The first-order chi connectivity index (χ1) is 17.4. The van der Waals surface area contributed by atoms with Gasteiger partial charge in [-0.3, -0.25) is 0 Å². The van der Waals surface area contributed by atoms with Gasteiger partial charge in [0.05, 0.1) is 5.56 Å². The van der Waals surface area contributed by atoms with E-state index in [4.69, 9.17) is 10.8 Å². The molecule has 0 unspecified atom stereocenters. The predicted molar refractivity (Wildman–Crippen MR) is 141 cm³/mol. The number of fused-ring (bicyclic) bond motifs is 1. The quantitative estimate of drug-likeness (QED) is 0.376.